The summed E-state index contributed by atoms with van der Waals surface area (Å²) in [5, 5.41) is 2.97. The van der Waals surface area contributed by atoms with Crippen molar-refractivity contribution in [2.45, 2.75) is 19.3 Å². The highest BCUT2D eigenvalue weighted by Crippen LogP contribution is 2.39. The third-order valence-electron chi connectivity index (χ3n) is 3.40. The van der Waals surface area contributed by atoms with E-state index < -0.39 is 17.8 Å². The van der Waals surface area contributed by atoms with Crippen LogP contribution < -0.4 is 11.1 Å². The SMILES string of the molecule is NC(=O)c1c(NC(=O)c2cccnc2F)sc2c1CCC2. The Hall–Kier alpha value is -2.28. The number of hydrogen-bond acceptors (Lipinski definition) is 4. The van der Waals surface area contributed by atoms with Crippen LogP contribution in [0.2, 0.25) is 0 Å². The first kappa shape index (κ1) is 13.7. The minimum atomic E-state index is -0.847. The summed E-state index contributed by atoms with van der Waals surface area (Å²) in [5.74, 6) is -2.06. The van der Waals surface area contributed by atoms with E-state index in [0.29, 0.717) is 10.6 Å². The van der Waals surface area contributed by atoms with Crippen LogP contribution in [0, 0.1) is 5.95 Å². The van der Waals surface area contributed by atoms with Crippen LogP contribution in [0.3, 0.4) is 0 Å². The number of primary amides is 1. The van der Waals surface area contributed by atoms with Gasteiger partial charge >= 0.3 is 0 Å². The number of nitrogens with zero attached hydrogens (tertiary/aromatic N) is 1. The molecule has 7 heteroatoms. The highest BCUT2D eigenvalue weighted by molar-refractivity contribution is 7.17. The molecule has 0 bridgehead atoms. The molecule has 0 saturated carbocycles. The van der Waals surface area contributed by atoms with Crippen LogP contribution in [0.1, 0.15) is 37.6 Å². The number of nitrogens with two attached hydrogens (primary N) is 1. The predicted octanol–water partition coefficient (Wildman–Crippen LogP) is 2.12. The lowest BCUT2D eigenvalue weighted by atomic mass is 10.1. The molecule has 2 amide bonds. The van der Waals surface area contributed by atoms with E-state index in [1.54, 1.807) is 0 Å². The van der Waals surface area contributed by atoms with E-state index >= 15 is 0 Å². The third kappa shape index (κ3) is 2.40. The van der Waals surface area contributed by atoms with Crippen LogP contribution in [0.5, 0.6) is 0 Å². The number of carbonyl (C=O) groups excluding carboxylic acids is 2. The summed E-state index contributed by atoms with van der Waals surface area (Å²) in [6.45, 7) is 0. The van der Waals surface area contributed by atoms with Crippen LogP contribution in [0.25, 0.3) is 0 Å². The Bertz CT molecular complexity index is 742. The van der Waals surface area contributed by atoms with Crippen molar-refractivity contribution in [1.82, 2.24) is 4.98 Å². The average molecular weight is 305 g/mol. The number of rotatable bonds is 3. The van der Waals surface area contributed by atoms with E-state index in [1.807, 2.05) is 0 Å². The summed E-state index contributed by atoms with van der Waals surface area (Å²) in [6, 6.07) is 2.81. The second-order valence-corrected chi connectivity index (χ2v) is 5.83. The molecule has 1 aliphatic carbocycles. The lowest BCUT2D eigenvalue weighted by Gasteiger charge is -2.06. The fourth-order valence-electron chi connectivity index (χ4n) is 2.48. The van der Waals surface area contributed by atoms with Crippen molar-refractivity contribution in [2.75, 3.05) is 5.32 Å². The molecule has 3 N–H and O–H groups in total. The molecule has 0 atom stereocenters. The Kier molecular flexibility index (Phi) is 3.42. The zero-order chi connectivity index (χ0) is 15.0. The first-order valence-electron chi connectivity index (χ1n) is 6.44. The van der Waals surface area contributed by atoms with Crippen LogP contribution in [0.15, 0.2) is 18.3 Å². The fraction of sp³-hybridized carbons (Fsp3) is 0.214. The van der Waals surface area contributed by atoms with Gasteiger partial charge in [0.1, 0.15) is 5.00 Å². The monoisotopic (exact) mass is 305 g/mol. The van der Waals surface area contributed by atoms with Crippen molar-refractivity contribution in [3.63, 3.8) is 0 Å². The first-order chi connectivity index (χ1) is 10.1. The van der Waals surface area contributed by atoms with Gasteiger partial charge in [-0.2, -0.15) is 4.39 Å². The third-order valence-corrected chi connectivity index (χ3v) is 4.61. The van der Waals surface area contributed by atoms with E-state index in [-0.39, 0.29) is 5.56 Å². The van der Waals surface area contributed by atoms with Crippen molar-refractivity contribution in [3.8, 4) is 0 Å². The number of carbonyl (C=O) groups is 2. The molecule has 0 radical (unpaired) electrons. The van der Waals surface area contributed by atoms with Gasteiger partial charge in [0.05, 0.1) is 11.1 Å². The minimum absolute atomic E-state index is 0.165. The second kappa shape index (κ2) is 5.25. The smallest absolute Gasteiger partial charge is 0.260 e. The lowest BCUT2D eigenvalue weighted by molar-refractivity contribution is 0.100. The largest absolute Gasteiger partial charge is 0.365 e. The summed E-state index contributed by atoms with van der Waals surface area (Å²) >= 11 is 1.33. The number of amides is 2. The molecule has 21 heavy (non-hydrogen) atoms. The summed E-state index contributed by atoms with van der Waals surface area (Å²) in [7, 11) is 0. The Morgan fingerprint density at radius 3 is 2.90 bits per heavy atom. The summed E-state index contributed by atoms with van der Waals surface area (Å²) in [4.78, 5) is 28.2. The molecule has 0 aromatic carbocycles. The Labute approximate surface area is 124 Å². The van der Waals surface area contributed by atoms with E-state index in [9.17, 15) is 14.0 Å². The van der Waals surface area contributed by atoms with E-state index in [1.165, 1.54) is 29.7 Å². The van der Waals surface area contributed by atoms with Gasteiger partial charge in [-0.25, -0.2) is 4.98 Å². The quantitative estimate of drug-likeness (QED) is 0.852. The zero-order valence-electron chi connectivity index (χ0n) is 11.0. The number of pyridine rings is 1. The van der Waals surface area contributed by atoms with Gasteiger partial charge in [-0.1, -0.05) is 0 Å². The standard InChI is InChI=1S/C14H12FN3O2S/c15-11-8(4-2-6-17-11)13(20)18-14-10(12(16)19)7-3-1-5-9(7)21-14/h2,4,6H,1,3,5H2,(H2,16,19)(H,18,20). The number of hydrogen-bond donors (Lipinski definition) is 2. The molecule has 0 saturated heterocycles. The van der Waals surface area contributed by atoms with Crippen LogP contribution >= 0.6 is 11.3 Å². The van der Waals surface area contributed by atoms with Gasteiger partial charge in [0, 0.05) is 11.1 Å². The normalized spacial score (nSPS) is 13.0. The minimum Gasteiger partial charge on any atom is -0.365 e. The number of aromatic nitrogens is 1. The van der Waals surface area contributed by atoms with Crippen molar-refractivity contribution in [3.05, 3.63) is 45.8 Å². The molecule has 108 valence electrons. The van der Waals surface area contributed by atoms with Crippen LogP contribution in [-0.2, 0) is 12.8 Å². The first-order valence-corrected chi connectivity index (χ1v) is 7.25. The van der Waals surface area contributed by atoms with Gasteiger partial charge in [0.2, 0.25) is 5.95 Å². The molecule has 5 nitrogen and oxygen atoms in total. The fourth-order valence-corrected chi connectivity index (χ4v) is 3.77. The van der Waals surface area contributed by atoms with Crippen molar-refractivity contribution in [1.29, 1.82) is 0 Å². The maximum Gasteiger partial charge on any atom is 0.260 e. The number of nitrogens with one attached hydrogen (secondary N) is 1. The molecular weight excluding hydrogens is 293 g/mol. The second-order valence-electron chi connectivity index (χ2n) is 4.72. The van der Waals surface area contributed by atoms with Gasteiger partial charge in [0.15, 0.2) is 0 Å². The molecule has 1 aliphatic rings. The van der Waals surface area contributed by atoms with E-state index in [0.717, 1.165) is 29.7 Å². The van der Waals surface area contributed by atoms with Crippen molar-refractivity contribution >= 4 is 28.2 Å². The summed E-state index contributed by atoms with van der Waals surface area (Å²) in [6.07, 6.45) is 3.90. The average Bonchev–Trinajstić information content (AvgIpc) is 2.98. The molecular formula is C14H12FN3O2S. The molecule has 0 fully saturated rings. The topological polar surface area (TPSA) is 85.1 Å². The Morgan fingerprint density at radius 2 is 2.19 bits per heavy atom. The highest BCUT2D eigenvalue weighted by atomic mass is 32.1. The Morgan fingerprint density at radius 1 is 1.38 bits per heavy atom. The maximum atomic E-state index is 13.5. The number of fused-ring (bicyclic) bond motifs is 1. The van der Waals surface area contributed by atoms with E-state index in [4.69, 9.17) is 5.73 Å². The number of halogens is 1. The number of aryl methyl sites for hydroxylation is 1. The van der Waals surface area contributed by atoms with Gasteiger partial charge in [0.25, 0.3) is 11.8 Å². The van der Waals surface area contributed by atoms with Gasteiger partial charge < -0.3 is 11.1 Å². The molecule has 0 aliphatic heterocycles. The van der Waals surface area contributed by atoms with E-state index in [2.05, 4.69) is 10.3 Å². The van der Waals surface area contributed by atoms with Gasteiger partial charge in [-0.15, -0.1) is 11.3 Å². The van der Waals surface area contributed by atoms with Crippen molar-refractivity contribution in [2.24, 2.45) is 5.73 Å². The van der Waals surface area contributed by atoms with Crippen LogP contribution in [-0.4, -0.2) is 16.8 Å². The number of thiophene rings is 1. The summed E-state index contributed by atoms with van der Waals surface area (Å²) in [5.41, 5.74) is 6.50. The highest BCUT2D eigenvalue weighted by Gasteiger charge is 2.26. The number of anilines is 1. The van der Waals surface area contributed by atoms with Gasteiger partial charge in [-0.3, -0.25) is 9.59 Å². The molecule has 3 rings (SSSR count). The predicted molar refractivity (Wildman–Crippen MR) is 77.0 cm³/mol. The van der Waals surface area contributed by atoms with Crippen LogP contribution in [0.4, 0.5) is 9.39 Å². The molecule has 0 spiro atoms. The molecule has 0 unspecified atom stereocenters. The Balaban J connectivity index is 1.94. The maximum absolute atomic E-state index is 13.5. The van der Waals surface area contributed by atoms with Gasteiger partial charge in [-0.05, 0) is 37.0 Å². The molecule has 2 heterocycles. The molecule has 2 aromatic rings. The lowest BCUT2D eigenvalue weighted by Crippen LogP contribution is -2.18. The zero-order valence-corrected chi connectivity index (χ0v) is 11.8. The molecule has 2 aromatic heterocycles. The van der Waals surface area contributed by atoms with Crippen molar-refractivity contribution < 1.29 is 14.0 Å². The summed E-state index contributed by atoms with van der Waals surface area (Å²) < 4.78 is 13.5.